The van der Waals surface area contributed by atoms with Crippen molar-refractivity contribution in [3.8, 4) is 5.75 Å². The Labute approximate surface area is 219 Å². The summed E-state index contributed by atoms with van der Waals surface area (Å²) < 4.78 is 12.2. The Bertz CT molecular complexity index is 1050. The average Bonchev–Trinajstić information content (AvgIpc) is 3.20. The molecule has 8 heteroatoms. The van der Waals surface area contributed by atoms with Gasteiger partial charge in [0.1, 0.15) is 17.9 Å². The smallest absolute Gasteiger partial charge is 0.255 e. The maximum Gasteiger partial charge on any atom is 0.255 e. The molecule has 1 aromatic rings. The summed E-state index contributed by atoms with van der Waals surface area (Å²) in [5.41, 5.74) is 1.53. The lowest BCUT2D eigenvalue weighted by Gasteiger charge is -2.51. The van der Waals surface area contributed by atoms with Crippen molar-refractivity contribution in [2.24, 2.45) is 11.8 Å². The zero-order chi connectivity index (χ0) is 25.5. The van der Waals surface area contributed by atoms with Crippen LogP contribution in [0.3, 0.4) is 0 Å². The largest absolute Gasteiger partial charge is 0.489 e. The number of hydrogen-bond acceptors (Lipinski definition) is 6. The van der Waals surface area contributed by atoms with Gasteiger partial charge in [0.05, 0.1) is 6.10 Å². The van der Waals surface area contributed by atoms with Crippen LogP contribution in [0.15, 0.2) is 18.2 Å². The fraction of sp³-hybridized carbons (Fsp3) is 0.690. The van der Waals surface area contributed by atoms with Crippen molar-refractivity contribution < 1.29 is 23.9 Å². The summed E-state index contributed by atoms with van der Waals surface area (Å²) in [5, 5.41) is 2.37. The van der Waals surface area contributed by atoms with Crippen LogP contribution in [0.25, 0.3) is 0 Å². The molecule has 2 aliphatic carbocycles. The fourth-order valence-electron chi connectivity index (χ4n) is 7.34. The molecule has 1 aromatic carbocycles. The highest BCUT2D eigenvalue weighted by molar-refractivity contribution is 6.05. The third kappa shape index (κ3) is 4.90. The topological polar surface area (TPSA) is 88.2 Å². The van der Waals surface area contributed by atoms with E-state index in [0.717, 1.165) is 29.6 Å². The number of carbonyl (C=O) groups excluding carboxylic acids is 3. The first kappa shape index (κ1) is 24.9. The van der Waals surface area contributed by atoms with Gasteiger partial charge < -0.3 is 14.4 Å². The Hall–Kier alpha value is -2.45. The molecule has 200 valence electrons. The number of benzene rings is 1. The van der Waals surface area contributed by atoms with E-state index in [1.165, 1.54) is 58.0 Å². The number of imide groups is 1. The Balaban J connectivity index is 1.07. The first-order valence-corrected chi connectivity index (χ1v) is 14.2. The van der Waals surface area contributed by atoms with Gasteiger partial charge in [0.25, 0.3) is 5.91 Å². The number of likely N-dealkylation sites (tertiary alicyclic amines) is 1. The Morgan fingerprint density at radius 2 is 1.70 bits per heavy atom. The number of fused-ring (bicyclic) bond motifs is 1. The molecule has 2 saturated heterocycles. The fourth-order valence-corrected chi connectivity index (χ4v) is 7.34. The highest BCUT2D eigenvalue weighted by atomic mass is 16.5. The number of nitrogens with zero attached hydrogens (tertiary/aromatic N) is 2. The van der Waals surface area contributed by atoms with Crippen molar-refractivity contribution in [2.45, 2.75) is 95.0 Å². The minimum absolute atomic E-state index is 0.141. The molecule has 4 fully saturated rings. The van der Waals surface area contributed by atoms with Crippen molar-refractivity contribution in [2.75, 3.05) is 20.2 Å². The van der Waals surface area contributed by atoms with E-state index in [0.29, 0.717) is 30.7 Å². The van der Waals surface area contributed by atoms with E-state index in [9.17, 15) is 14.4 Å². The van der Waals surface area contributed by atoms with Crippen LogP contribution in [0.2, 0.25) is 0 Å². The van der Waals surface area contributed by atoms with Gasteiger partial charge in [-0.3, -0.25) is 24.6 Å². The zero-order valence-corrected chi connectivity index (χ0v) is 21.8. The molecule has 8 nitrogen and oxygen atoms in total. The van der Waals surface area contributed by atoms with Gasteiger partial charge in [0.15, 0.2) is 0 Å². The Kier molecular flexibility index (Phi) is 6.97. The highest BCUT2D eigenvalue weighted by Crippen LogP contribution is 2.39. The second-order valence-electron chi connectivity index (χ2n) is 11.7. The van der Waals surface area contributed by atoms with Gasteiger partial charge in [-0.1, -0.05) is 6.42 Å². The van der Waals surface area contributed by atoms with E-state index in [-0.39, 0.29) is 30.2 Å². The normalized spacial score (nSPS) is 33.2. The van der Waals surface area contributed by atoms with E-state index in [1.807, 2.05) is 25.3 Å². The van der Waals surface area contributed by atoms with Gasteiger partial charge in [0, 0.05) is 44.8 Å². The van der Waals surface area contributed by atoms with Crippen LogP contribution in [0, 0.1) is 11.8 Å². The number of rotatable bonds is 6. The van der Waals surface area contributed by atoms with Crippen LogP contribution >= 0.6 is 0 Å². The van der Waals surface area contributed by atoms with Crippen LogP contribution in [-0.2, 0) is 20.9 Å². The molecule has 5 aliphatic rings. The number of amides is 3. The summed E-state index contributed by atoms with van der Waals surface area (Å²) in [4.78, 5) is 41.1. The number of nitrogens with one attached hydrogen (secondary N) is 1. The molecule has 0 aromatic heterocycles. The molecule has 1 unspecified atom stereocenters. The summed E-state index contributed by atoms with van der Waals surface area (Å²) in [6.07, 6.45) is 10.9. The number of methoxy groups -OCH3 is 1. The first-order valence-electron chi connectivity index (χ1n) is 14.2. The predicted octanol–water partition coefficient (Wildman–Crippen LogP) is 3.27. The predicted molar refractivity (Wildman–Crippen MR) is 137 cm³/mol. The summed E-state index contributed by atoms with van der Waals surface area (Å²) in [7, 11) is 1.84. The summed E-state index contributed by atoms with van der Waals surface area (Å²) in [5.74, 6) is 1.67. The zero-order valence-electron chi connectivity index (χ0n) is 21.8. The molecule has 3 atom stereocenters. The van der Waals surface area contributed by atoms with Crippen LogP contribution in [0.4, 0.5) is 0 Å². The summed E-state index contributed by atoms with van der Waals surface area (Å²) >= 11 is 0. The molecule has 37 heavy (non-hydrogen) atoms. The first-order chi connectivity index (χ1) is 18.0. The number of ether oxygens (including phenoxy) is 2. The lowest BCUT2D eigenvalue weighted by molar-refractivity contribution is -0.136. The third-order valence-corrected chi connectivity index (χ3v) is 9.58. The van der Waals surface area contributed by atoms with Crippen molar-refractivity contribution in [1.29, 1.82) is 0 Å². The van der Waals surface area contributed by atoms with E-state index in [2.05, 4.69) is 10.2 Å². The second kappa shape index (κ2) is 10.4. The van der Waals surface area contributed by atoms with Crippen LogP contribution < -0.4 is 10.1 Å². The molecule has 3 aliphatic heterocycles. The van der Waals surface area contributed by atoms with Crippen LogP contribution in [0.5, 0.6) is 5.75 Å². The molecule has 0 radical (unpaired) electrons. The van der Waals surface area contributed by atoms with Gasteiger partial charge in [0.2, 0.25) is 11.8 Å². The van der Waals surface area contributed by atoms with Gasteiger partial charge in [-0.2, -0.15) is 0 Å². The molecular weight excluding hydrogens is 470 g/mol. The number of carbonyl (C=O) groups is 3. The van der Waals surface area contributed by atoms with Gasteiger partial charge >= 0.3 is 0 Å². The SMILES string of the molecule is COC1CCC(C2CN([C@H]3CCCC[C@@H]3Oc3ccc4c(c3)CN(C3CCC(=O)NC3=O)C4=O)C2)CC1. The quantitative estimate of drug-likeness (QED) is 0.593. The molecule has 0 bridgehead atoms. The summed E-state index contributed by atoms with van der Waals surface area (Å²) in [6.45, 7) is 2.75. The minimum atomic E-state index is -0.589. The monoisotopic (exact) mass is 509 g/mol. The Morgan fingerprint density at radius 1 is 0.919 bits per heavy atom. The maximum absolute atomic E-state index is 13.0. The van der Waals surface area contributed by atoms with Crippen molar-refractivity contribution in [3.05, 3.63) is 29.3 Å². The molecule has 1 N–H and O–H groups in total. The Morgan fingerprint density at radius 3 is 2.46 bits per heavy atom. The standard InChI is InChI=1S/C29H39N3O5/c1-36-21-8-6-18(7-9-21)20-15-31(16-20)24-4-2-3-5-26(24)37-22-10-11-23-19(14-22)17-32(29(23)35)25-12-13-27(33)30-28(25)34/h10-11,14,18,20-21,24-26H,2-9,12-13,15-17H2,1H3,(H,30,33,34)/t18?,21?,24-,25?,26-/m0/s1. The van der Waals surface area contributed by atoms with E-state index >= 15 is 0 Å². The molecule has 3 amide bonds. The van der Waals surface area contributed by atoms with Crippen LogP contribution in [-0.4, -0.2) is 72.0 Å². The number of piperidine rings is 1. The average molecular weight is 510 g/mol. The molecule has 0 spiro atoms. The molecular formula is C29H39N3O5. The number of hydrogen-bond donors (Lipinski definition) is 1. The molecule has 6 rings (SSSR count). The highest BCUT2D eigenvalue weighted by Gasteiger charge is 2.43. The van der Waals surface area contributed by atoms with Crippen molar-refractivity contribution in [1.82, 2.24) is 15.1 Å². The molecule has 2 saturated carbocycles. The third-order valence-electron chi connectivity index (χ3n) is 9.58. The van der Waals surface area contributed by atoms with Crippen molar-refractivity contribution in [3.63, 3.8) is 0 Å². The van der Waals surface area contributed by atoms with Gasteiger partial charge in [-0.15, -0.1) is 0 Å². The lowest BCUT2D eigenvalue weighted by Crippen LogP contribution is -2.59. The van der Waals surface area contributed by atoms with Gasteiger partial charge in [-0.25, -0.2) is 0 Å². The van der Waals surface area contributed by atoms with E-state index < -0.39 is 6.04 Å². The summed E-state index contributed by atoms with van der Waals surface area (Å²) in [6, 6.07) is 5.59. The minimum Gasteiger partial charge on any atom is -0.489 e. The molecule has 3 heterocycles. The van der Waals surface area contributed by atoms with Crippen molar-refractivity contribution >= 4 is 17.7 Å². The van der Waals surface area contributed by atoms with Gasteiger partial charge in [-0.05, 0) is 87.0 Å². The maximum atomic E-state index is 13.0. The van der Waals surface area contributed by atoms with Crippen LogP contribution in [0.1, 0.15) is 80.1 Å². The van der Waals surface area contributed by atoms with E-state index in [1.54, 1.807) is 4.90 Å². The second-order valence-corrected chi connectivity index (χ2v) is 11.7. The lowest BCUT2D eigenvalue weighted by atomic mass is 9.74. The van der Waals surface area contributed by atoms with E-state index in [4.69, 9.17) is 9.47 Å².